The van der Waals surface area contributed by atoms with Crippen LogP contribution in [0.1, 0.15) is 22.8 Å². The molecule has 0 saturated heterocycles. The molecule has 88 valence electrons. The molecule has 1 aromatic carbocycles. The van der Waals surface area contributed by atoms with Gasteiger partial charge < -0.3 is 9.32 Å². The van der Waals surface area contributed by atoms with Gasteiger partial charge in [-0.2, -0.15) is 0 Å². The zero-order chi connectivity index (χ0) is 12.3. The molecule has 1 aromatic heterocycles. The molecule has 0 fully saturated rings. The van der Waals surface area contributed by atoms with Crippen molar-refractivity contribution in [3.8, 4) is 0 Å². The van der Waals surface area contributed by atoms with Gasteiger partial charge in [-0.25, -0.2) is 0 Å². The molecule has 0 aliphatic carbocycles. The van der Waals surface area contributed by atoms with Gasteiger partial charge in [0.1, 0.15) is 6.26 Å². The molecule has 1 amide bonds. The van der Waals surface area contributed by atoms with Gasteiger partial charge >= 0.3 is 0 Å². The molecule has 2 aromatic rings. The van der Waals surface area contributed by atoms with E-state index in [2.05, 4.69) is 0 Å². The summed E-state index contributed by atoms with van der Waals surface area (Å²) in [5.74, 6) is -0.0353. The minimum atomic E-state index is -0.0353. The summed E-state index contributed by atoms with van der Waals surface area (Å²) in [7, 11) is 0. The Balaban J connectivity index is 2.31. The highest BCUT2D eigenvalue weighted by Gasteiger charge is 2.16. The largest absolute Gasteiger partial charge is 0.472 e. The average Bonchev–Trinajstić information content (AvgIpc) is 2.83. The van der Waals surface area contributed by atoms with Gasteiger partial charge in [0, 0.05) is 12.2 Å². The van der Waals surface area contributed by atoms with Crippen LogP contribution in [0.3, 0.4) is 0 Å². The molecule has 0 atom stereocenters. The van der Waals surface area contributed by atoms with Crippen LogP contribution >= 0.6 is 0 Å². The summed E-state index contributed by atoms with van der Waals surface area (Å²) < 4.78 is 4.94. The number of aryl methyl sites for hydroxylation is 1. The third-order valence-electron chi connectivity index (χ3n) is 2.64. The Labute approximate surface area is 101 Å². The number of hydrogen-bond donors (Lipinski definition) is 0. The average molecular weight is 229 g/mol. The third-order valence-corrected chi connectivity index (χ3v) is 2.64. The number of hydrogen-bond acceptors (Lipinski definition) is 2. The van der Waals surface area contributed by atoms with E-state index in [4.69, 9.17) is 4.42 Å². The van der Waals surface area contributed by atoms with Crippen LogP contribution in [0, 0.1) is 6.92 Å². The first kappa shape index (κ1) is 11.5. The second kappa shape index (κ2) is 4.87. The maximum atomic E-state index is 12.2. The molecule has 0 aliphatic heterocycles. The maximum absolute atomic E-state index is 12.2. The number of nitrogens with zero attached hydrogens (tertiary/aromatic N) is 1. The van der Waals surface area contributed by atoms with Gasteiger partial charge in [-0.15, -0.1) is 0 Å². The first-order valence-electron chi connectivity index (χ1n) is 5.63. The Morgan fingerprint density at radius 1 is 1.35 bits per heavy atom. The van der Waals surface area contributed by atoms with Crippen molar-refractivity contribution in [1.29, 1.82) is 0 Å². The second-order valence-corrected chi connectivity index (χ2v) is 3.90. The summed E-state index contributed by atoms with van der Waals surface area (Å²) in [6, 6.07) is 9.59. The SMILES string of the molecule is CCN(C(=O)c1ccoc1)c1cccc(C)c1. The Bertz CT molecular complexity index is 503. The van der Waals surface area contributed by atoms with Gasteiger partial charge in [-0.1, -0.05) is 12.1 Å². The van der Waals surface area contributed by atoms with E-state index < -0.39 is 0 Å². The van der Waals surface area contributed by atoms with E-state index in [1.54, 1.807) is 11.0 Å². The Morgan fingerprint density at radius 3 is 2.76 bits per heavy atom. The third kappa shape index (κ3) is 2.38. The first-order chi connectivity index (χ1) is 8.22. The van der Waals surface area contributed by atoms with Crippen molar-refractivity contribution in [2.75, 3.05) is 11.4 Å². The molecule has 3 nitrogen and oxygen atoms in total. The molecule has 3 heteroatoms. The Morgan fingerprint density at radius 2 is 2.18 bits per heavy atom. The molecule has 0 bridgehead atoms. The van der Waals surface area contributed by atoms with Crippen molar-refractivity contribution in [3.05, 3.63) is 54.0 Å². The smallest absolute Gasteiger partial charge is 0.261 e. The van der Waals surface area contributed by atoms with E-state index in [0.717, 1.165) is 11.3 Å². The summed E-state index contributed by atoms with van der Waals surface area (Å²) in [6.45, 7) is 4.60. The molecule has 1 heterocycles. The molecule has 0 saturated carbocycles. The van der Waals surface area contributed by atoms with Gasteiger partial charge in [-0.05, 0) is 37.6 Å². The lowest BCUT2D eigenvalue weighted by molar-refractivity contribution is 0.0987. The number of furan rings is 1. The number of benzene rings is 1. The Kier molecular flexibility index (Phi) is 3.28. The zero-order valence-electron chi connectivity index (χ0n) is 10.0. The summed E-state index contributed by atoms with van der Waals surface area (Å²) >= 11 is 0. The fourth-order valence-corrected chi connectivity index (χ4v) is 1.78. The van der Waals surface area contributed by atoms with Crippen LogP contribution in [0.5, 0.6) is 0 Å². The van der Waals surface area contributed by atoms with Crippen LogP contribution in [-0.4, -0.2) is 12.5 Å². The molecule has 17 heavy (non-hydrogen) atoms. The monoisotopic (exact) mass is 229 g/mol. The number of carbonyl (C=O) groups is 1. The van der Waals surface area contributed by atoms with Gasteiger partial charge in [0.2, 0.25) is 0 Å². The van der Waals surface area contributed by atoms with Crippen LogP contribution in [0.25, 0.3) is 0 Å². The lowest BCUT2D eigenvalue weighted by atomic mass is 10.2. The topological polar surface area (TPSA) is 33.5 Å². The normalized spacial score (nSPS) is 10.2. The van der Waals surface area contributed by atoms with Gasteiger partial charge in [0.15, 0.2) is 0 Å². The first-order valence-corrected chi connectivity index (χ1v) is 5.63. The number of amides is 1. The predicted octanol–water partition coefficient (Wildman–Crippen LogP) is 3.25. The molecule has 0 unspecified atom stereocenters. The van der Waals surface area contributed by atoms with Crippen molar-refractivity contribution in [2.24, 2.45) is 0 Å². The number of anilines is 1. The molecule has 0 spiro atoms. The molecular weight excluding hydrogens is 214 g/mol. The summed E-state index contributed by atoms with van der Waals surface area (Å²) in [4.78, 5) is 13.9. The quantitative estimate of drug-likeness (QED) is 0.809. The van der Waals surface area contributed by atoms with E-state index >= 15 is 0 Å². The lowest BCUT2D eigenvalue weighted by Gasteiger charge is -2.20. The van der Waals surface area contributed by atoms with E-state index in [9.17, 15) is 4.79 Å². The highest BCUT2D eigenvalue weighted by atomic mass is 16.3. The van der Waals surface area contributed by atoms with Crippen molar-refractivity contribution in [3.63, 3.8) is 0 Å². The Hall–Kier alpha value is -2.03. The van der Waals surface area contributed by atoms with E-state index in [-0.39, 0.29) is 5.91 Å². The maximum Gasteiger partial charge on any atom is 0.261 e. The summed E-state index contributed by atoms with van der Waals surface area (Å²) in [6.07, 6.45) is 2.98. The molecular formula is C14H15NO2. The lowest BCUT2D eigenvalue weighted by Crippen LogP contribution is -2.30. The van der Waals surface area contributed by atoms with Crippen LogP contribution in [0.15, 0.2) is 47.3 Å². The van der Waals surface area contributed by atoms with E-state index in [1.165, 1.54) is 12.5 Å². The summed E-state index contributed by atoms with van der Waals surface area (Å²) in [5.41, 5.74) is 2.63. The van der Waals surface area contributed by atoms with Crippen molar-refractivity contribution in [2.45, 2.75) is 13.8 Å². The highest BCUT2D eigenvalue weighted by Crippen LogP contribution is 2.18. The predicted molar refractivity (Wildman–Crippen MR) is 67.2 cm³/mol. The van der Waals surface area contributed by atoms with Crippen LogP contribution in [0.2, 0.25) is 0 Å². The van der Waals surface area contributed by atoms with Crippen LogP contribution < -0.4 is 4.90 Å². The van der Waals surface area contributed by atoms with Crippen LogP contribution in [-0.2, 0) is 0 Å². The van der Waals surface area contributed by atoms with Gasteiger partial charge in [0.25, 0.3) is 5.91 Å². The molecule has 0 radical (unpaired) electrons. The molecule has 2 rings (SSSR count). The second-order valence-electron chi connectivity index (χ2n) is 3.90. The standard InChI is InChI=1S/C14H15NO2/c1-3-15(13-6-4-5-11(2)9-13)14(16)12-7-8-17-10-12/h4-10H,3H2,1-2H3. The van der Waals surface area contributed by atoms with E-state index in [0.29, 0.717) is 12.1 Å². The number of rotatable bonds is 3. The van der Waals surface area contributed by atoms with Crippen molar-refractivity contribution < 1.29 is 9.21 Å². The fourth-order valence-electron chi connectivity index (χ4n) is 1.78. The minimum absolute atomic E-state index is 0.0353. The van der Waals surface area contributed by atoms with Crippen molar-refractivity contribution >= 4 is 11.6 Å². The van der Waals surface area contributed by atoms with Gasteiger partial charge in [-0.3, -0.25) is 4.79 Å². The van der Waals surface area contributed by atoms with Gasteiger partial charge in [0.05, 0.1) is 11.8 Å². The molecule has 0 aliphatic rings. The number of carbonyl (C=O) groups excluding carboxylic acids is 1. The van der Waals surface area contributed by atoms with Crippen LogP contribution in [0.4, 0.5) is 5.69 Å². The highest BCUT2D eigenvalue weighted by molar-refractivity contribution is 6.05. The van der Waals surface area contributed by atoms with E-state index in [1.807, 2.05) is 38.1 Å². The summed E-state index contributed by atoms with van der Waals surface area (Å²) in [5, 5.41) is 0. The minimum Gasteiger partial charge on any atom is -0.472 e. The fraction of sp³-hybridized carbons (Fsp3) is 0.214. The van der Waals surface area contributed by atoms with Crippen molar-refractivity contribution in [1.82, 2.24) is 0 Å². The zero-order valence-corrected chi connectivity index (χ0v) is 10.0. The molecule has 0 N–H and O–H groups in total.